The first-order valence-electron chi connectivity index (χ1n) is 4.84. The maximum atomic E-state index is 9.58. The van der Waals surface area contributed by atoms with E-state index >= 15 is 0 Å². The lowest BCUT2D eigenvalue weighted by atomic mass is 10.1. The molecule has 0 unspecified atom stereocenters. The number of aliphatic hydroxyl groups is 1. The Labute approximate surface area is 85.2 Å². The molecule has 0 amide bonds. The maximum Gasteiger partial charge on any atom is 0.0946 e. The Morgan fingerprint density at radius 2 is 2.21 bits per heavy atom. The summed E-state index contributed by atoms with van der Waals surface area (Å²) < 4.78 is 2.03. The third-order valence-electron chi connectivity index (χ3n) is 1.96. The van der Waals surface area contributed by atoms with Gasteiger partial charge in [0.1, 0.15) is 0 Å². The van der Waals surface area contributed by atoms with Gasteiger partial charge in [0.05, 0.1) is 11.9 Å². The molecule has 0 aliphatic carbocycles. The molecule has 0 saturated heterocycles. The Bertz CT molecular complexity index is 251. The molecule has 0 radical (unpaired) electrons. The molecule has 4 heteroatoms. The van der Waals surface area contributed by atoms with Crippen molar-refractivity contribution in [1.29, 1.82) is 0 Å². The highest BCUT2D eigenvalue weighted by Gasteiger charge is 2.14. The molecule has 1 heterocycles. The van der Waals surface area contributed by atoms with E-state index in [1.54, 1.807) is 12.5 Å². The van der Waals surface area contributed by atoms with Crippen molar-refractivity contribution in [3.8, 4) is 0 Å². The SMILES string of the molecule is CN(CCn1ccnc1)CC(C)(C)O. The average molecular weight is 197 g/mol. The summed E-state index contributed by atoms with van der Waals surface area (Å²) in [6.07, 6.45) is 5.52. The fourth-order valence-electron chi connectivity index (χ4n) is 1.44. The normalized spacial score (nSPS) is 12.4. The molecule has 1 rings (SSSR count). The van der Waals surface area contributed by atoms with Gasteiger partial charge in [-0.3, -0.25) is 0 Å². The molecule has 0 bridgehead atoms. The van der Waals surface area contributed by atoms with E-state index < -0.39 is 5.60 Å². The minimum Gasteiger partial charge on any atom is -0.389 e. The number of aromatic nitrogens is 2. The fourth-order valence-corrected chi connectivity index (χ4v) is 1.44. The first-order valence-corrected chi connectivity index (χ1v) is 4.84. The zero-order valence-electron chi connectivity index (χ0n) is 9.14. The number of rotatable bonds is 5. The number of hydrogen-bond donors (Lipinski definition) is 1. The summed E-state index contributed by atoms with van der Waals surface area (Å²) >= 11 is 0. The monoisotopic (exact) mass is 197 g/mol. The third-order valence-corrected chi connectivity index (χ3v) is 1.96. The van der Waals surface area contributed by atoms with E-state index in [9.17, 15) is 5.11 Å². The Balaban J connectivity index is 2.25. The minimum atomic E-state index is -0.621. The van der Waals surface area contributed by atoms with Crippen LogP contribution in [-0.2, 0) is 6.54 Å². The van der Waals surface area contributed by atoms with Crippen molar-refractivity contribution in [2.45, 2.75) is 26.0 Å². The molecule has 1 aromatic rings. The van der Waals surface area contributed by atoms with E-state index in [0.29, 0.717) is 6.54 Å². The topological polar surface area (TPSA) is 41.3 Å². The summed E-state index contributed by atoms with van der Waals surface area (Å²) in [5, 5.41) is 9.58. The first kappa shape index (κ1) is 11.2. The Kier molecular flexibility index (Phi) is 3.66. The largest absolute Gasteiger partial charge is 0.389 e. The molecule has 0 atom stereocenters. The number of nitrogens with zero attached hydrogens (tertiary/aromatic N) is 3. The van der Waals surface area contributed by atoms with Crippen LogP contribution in [0, 0.1) is 0 Å². The van der Waals surface area contributed by atoms with Crippen molar-refractivity contribution in [2.24, 2.45) is 0 Å². The van der Waals surface area contributed by atoms with Gasteiger partial charge in [-0.25, -0.2) is 4.98 Å². The zero-order valence-corrected chi connectivity index (χ0v) is 9.14. The van der Waals surface area contributed by atoms with Crippen molar-refractivity contribution in [1.82, 2.24) is 14.5 Å². The predicted octanol–water partition coefficient (Wildman–Crippen LogP) is 0.586. The summed E-state index contributed by atoms with van der Waals surface area (Å²) in [6.45, 7) is 6.15. The Morgan fingerprint density at radius 1 is 1.50 bits per heavy atom. The number of imidazole rings is 1. The molecule has 0 spiro atoms. The van der Waals surface area contributed by atoms with Crippen LogP contribution in [-0.4, -0.2) is 45.3 Å². The molecule has 0 aliphatic heterocycles. The van der Waals surface area contributed by atoms with Gasteiger partial charge in [-0.15, -0.1) is 0 Å². The van der Waals surface area contributed by atoms with Gasteiger partial charge >= 0.3 is 0 Å². The molecule has 0 aliphatic rings. The van der Waals surface area contributed by atoms with E-state index in [1.807, 2.05) is 31.7 Å². The minimum absolute atomic E-state index is 0.621. The highest BCUT2D eigenvalue weighted by molar-refractivity contribution is 4.75. The van der Waals surface area contributed by atoms with Crippen molar-refractivity contribution < 1.29 is 5.11 Å². The molecular weight excluding hydrogens is 178 g/mol. The van der Waals surface area contributed by atoms with Crippen LogP contribution in [0.5, 0.6) is 0 Å². The van der Waals surface area contributed by atoms with Crippen LogP contribution in [0.4, 0.5) is 0 Å². The second-order valence-electron chi connectivity index (χ2n) is 4.35. The molecule has 14 heavy (non-hydrogen) atoms. The van der Waals surface area contributed by atoms with Crippen LogP contribution in [0.2, 0.25) is 0 Å². The lowest BCUT2D eigenvalue weighted by molar-refractivity contribution is 0.0437. The molecule has 0 fully saturated rings. The molecule has 0 aromatic carbocycles. The standard InChI is InChI=1S/C10H19N3O/c1-10(2,14)8-12(3)6-7-13-5-4-11-9-13/h4-5,9,14H,6-8H2,1-3H3. The van der Waals surface area contributed by atoms with E-state index in [0.717, 1.165) is 13.1 Å². The van der Waals surface area contributed by atoms with Crippen molar-refractivity contribution in [2.75, 3.05) is 20.1 Å². The lowest BCUT2D eigenvalue weighted by Gasteiger charge is -2.25. The summed E-state index contributed by atoms with van der Waals surface area (Å²) in [5.41, 5.74) is -0.621. The quantitative estimate of drug-likeness (QED) is 0.751. The summed E-state index contributed by atoms with van der Waals surface area (Å²) in [5.74, 6) is 0. The summed E-state index contributed by atoms with van der Waals surface area (Å²) in [4.78, 5) is 6.08. The Hall–Kier alpha value is -0.870. The lowest BCUT2D eigenvalue weighted by Crippen LogP contribution is -2.37. The van der Waals surface area contributed by atoms with E-state index in [2.05, 4.69) is 9.88 Å². The summed E-state index contributed by atoms with van der Waals surface area (Å²) in [6, 6.07) is 0. The highest BCUT2D eigenvalue weighted by Crippen LogP contribution is 2.02. The van der Waals surface area contributed by atoms with Gasteiger partial charge in [0.15, 0.2) is 0 Å². The van der Waals surface area contributed by atoms with Gasteiger partial charge in [0, 0.05) is 32.0 Å². The van der Waals surface area contributed by atoms with Crippen molar-refractivity contribution >= 4 is 0 Å². The van der Waals surface area contributed by atoms with Gasteiger partial charge < -0.3 is 14.6 Å². The molecule has 0 saturated carbocycles. The number of hydrogen-bond acceptors (Lipinski definition) is 3. The smallest absolute Gasteiger partial charge is 0.0946 e. The molecule has 1 N–H and O–H groups in total. The van der Waals surface area contributed by atoms with Gasteiger partial charge in [-0.2, -0.15) is 0 Å². The summed E-state index contributed by atoms with van der Waals surface area (Å²) in [7, 11) is 2.01. The van der Waals surface area contributed by atoms with E-state index in [1.165, 1.54) is 0 Å². The van der Waals surface area contributed by atoms with E-state index in [4.69, 9.17) is 0 Å². The van der Waals surface area contributed by atoms with Crippen molar-refractivity contribution in [3.05, 3.63) is 18.7 Å². The van der Waals surface area contributed by atoms with Gasteiger partial charge in [0.25, 0.3) is 0 Å². The number of likely N-dealkylation sites (N-methyl/N-ethyl adjacent to an activating group) is 1. The average Bonchev–Trinajstić information content (AvgIpc) is 2.49. The zero-order chi connectivity index (χ0) is 10.6. The van der Waals surface area contributed by atoms with Gasteiger partial charge in [-0.05, 0) is 20.9 Å². The molecular formula is C10H19N3O. The molecule has 4 nitrogen and oxygen atoms in total. The molecule has 1 aromatic heterocycles. The predicted molar refractivity (Wildman–Crippen MR) is 56.0 cm³/mol. The van der Waals surface area contributed by atoms with Gasteiger partial charge in [-0.1, -0.05) is 0 Å². The second kappa shape index (κ2) is 4.57. The Morgan fingerprint density at radius 3 is 2.71 bits per heavy atom. The van der Waals surface area contributed by atoms with Crippen LogP contribution in [0.25, 0.3) is 0 Å². The maximum absolute atomic E-state index is 9.58. The highest BCUT2D eigenvalue weighted by atomic mass is 16.3. The van der Waals surface area contributed by atoms with Crippen LogP contribution in [0.1, 0.15) is 13.8 Å². The van der Waals surface area contributed by atoms with E-state index in [-0.39, 0.29) is 0 Å². The first-order chi connectivity index (χ1) is 6.47. The third kappa shape index (κ3) is 4.39. The van der Waals surface area contributed by atoms with Crippen LogP contribution >= 0.6 is 0 Å². The van der Waals surface area contributed by atoms with Crippen LogP contribution in [0.15, 0.2) is 18.7 Å². The second-order valence-corrected chi connectivity index (χ2v) is 4.35. The fraction of sp³-hybridized carbons (Fsp3) is 0.700. The van der Waals surface area contributed by atoms with Gasteiger partial charge in [0.2, 0.25) is 0 Å². The van der Waals surface area contributed by atoms with Crippen molar-refractivity contribution in [3.63, 3.8) is 0 Å². The molecule has 80 valence electrons. The van der Waals surface area contributed by atoms with Crippen LogP contribution in [0.3, 0.4) is 0 Å². The van der Waals surface area contributed by atoms with Crippen LogP contribution < -0.4 is 0 Å².